The summed E-state index contributed by atoms with van der Waals surface area (Å²) in [6.45, 7) is 2.68. The Morgan fingerprint density at radius 3 is 2.58 bits per heavy atom. The first kappa shape index (κ1) is 12.0. The molecule has 0 aromatic rings. The van der Waals surface area contributed by atoms with E-state index in [1.807, 2.05) is 7.05 Å². The highest BCUT2D eigenvalue weighted by molar-refractivity contribution is 7.40. The number of hydrogen-bond donors (Lipinski definition) is 1. The minimum absolute atomic E-state index is 0.0368. The van der Waals surface area contributed by atoms with Gasteiger partial charge in [-0.3, -0.25) is 4.79 Å². The SMILES string of the molecule is CNCCOCCOCC(=O)P. The van der Waals surface area contributed by atoms with E-state index in [-0.39, 0.29) is 12.1 Å². The van der Waals surface area contributed by atoms with Crippen molar-refractivity contribution in [1.29, 1.82) is 0 Å². The molecule has 1 atom stereocenters. The quantitative estimate of drug-likeness (QED) is 0.422. The van der Waals surface area contributed by atoms with Crippen molar-refractivity contribution in [1.82, 2.24) is 5.32 Å². The van der Waals surface area contributed by atoms with Crippen LogP contribution in [0.5, 0.6) is 0 Å². The summed E-state index contributed by atoms with van der Waals surface area (Å²) in [5.41, 5.74) is -0.0368. The van der Waals surface area contributed by atoms with Gasteiger partial charge >= 0.3 is 0 Å². The third-order valence-electron chi connectivity index (χ3n) is 1.11. The van der Waals surface area contributed by atoms with Crippen LogP contribution >= 0.6 is 9.24 Å². The van der Waals surface area contributed by atoms with Crippen LogP contribution < -0.4 is 5.32 Å². The van der Waals surface area contributed by atoms with Gasteiger partial charge in [0.25, 0.3) is 0 Å². The summed E-state index contributed by atoms with van der Waals surface area (Å²) < 4.78 is 10.1. The van der Waals surface area contributed by atoms with Gasteiger partial charge in [0.2, 0.25) is 0 Å². The van der Waals surface area contributed by atoms with E-state index in [2.05, 4.69) is 14.6 Å². The fourth-order valence-electron chi connectivity index (χ4n) is 0.567. The van der Waals surface area contributed by atoms with Crippen molar-refractivity contribution in [2.75, 3.05) is 40.0 Å². The summed E-state index contributed by atoms with van der Waals surface area (Å²) in [4.78, 5) is 10.4. The van der Waals surface area contributed by atoms with E-state index in [0.29, 0.717) is 19.8 Å². The molecule has 5 heteroatoms. The molecular formula is C7H16NO3P. The molecule has 1 unspecified atom stereocenters. The number of carbonyl (C=O) groups excluding carboxylic acids is 1. The van der Waals surface area contributed by atoms with Crippen LogP contribution in [-0.2, 0) is 14.3 Å². The van der Waals surface area contributed by atoms with Gasteiger partial charge in [-0.1, -0.05) is 9.24 Å². The molecular weight excluding hydrogens is 177 g/mol. The van der Waals surface area contributed by atoms with E-state index < -0.39 is 0 Å². The summed E-state index contributed by atoms with van der Waals surface area (Å²) >= 11 is 0. The summed E-state index contributed by atoms with van der Waals surface area (Å²) in [5.74, 6) is 0. The third-order valence-corrected chi connectivity index (χ3v) is 1.28. The molecule has 0 saturated heterocycles. The number of nitrogens with one attached hydrogen (secondary N) is 1. The second-order valence-electron chi connectivity index (χ2n) is 2.23. The molecule has 0 aromatic carbocycles. The van der Waals surface area contributed by atoms with Crippen LogP contribution in [0.2, 0.25) is 0 Å². The van der Waals surface area contributed by atoms with Crippen molar-refractivity contribution in [3.05, 3.63) is 0 Å². The normalized spacial score (nSPS) is 10.2. The molecule has 0 aliphatic rings. The lowest BCUT2D eigenvalue weighted by molar-refractivity contribution is -0.115. The van der Waals surface area contributed by atoms with Crippen LogP contribution in [0.3, 0.4) is 0 Å². The first-order valence-corrected chi connectivity index (χ1v) is 4.43. The molecule has 0 aliphatic carbocycles. The van der Waals surface area contributed by atoms with Crippen LogP contribution in [0, 0.1) is 0 Å². The lowest BCUT2D eigenvalue weighted by Crippen LogP contribution is -2.16. The molecule has 0 amide bonds. The Morgan fingerprint density at radius 1 is 1.33 bits per heavy atom. The third kappa shape index (κ3) is 9.98. The Labute approximate surface area is 75.2 Å². The van der Waals surface area contributed by atoms with E-state index in [0.717, 1.165) is 6.54 Å². The second-order valence-corrected chi connectivity index (χ2v) is 2.88. The summed E-state index contributed by atoms with van der Waals surface area (Å²) in [5, 5.41) is 2.95. The van der Waals surface area contributed by atoms with Gasteiger partial charge in [0.1, 0.15) is 6.61 Å². The van der Waals surface area contributed by atoms with Crippen molar-refractivity contribution >= 4 is 14.8 Å². The van der Waals surface area contributed by atoms with Gasteiger partial charge in [-0.05, 0) is 7.05 Å². The molecule has 0 aromatic heterocycles. The lowest BCUT2D eigenvalue weighted by Gasteiger charge is -2.03. The van der Waals surface area contributed by atoms with Gasteiger partial charge in [0, 0.05) is 6.54 Å². The largest absolute Gasteiger partial charge is 0.378 e. The van der Waals surface area contributed by atoms with Crippen LogP contribution in [0.4, 0.5) is 0 Å². The molecule has 0 bridgehead atoms. The van der Waals surface area contributed by atoms with Crippen molar-refractivity contribution in [3.8, 4) is 0 Å². The number of likely N-dealkylation sites (N-methyl/N-ethyl adjacent to an activating group) is 1. The van der Waals surface area contributed by atoms with Gasteiger partial charge in [0.15, 0.2) is 5.52 Å². The fourth-order valence-corrected chi connectivity index (χ4v) is 0.685. The van der Waals surface area contributed by atoms with Gasteiger partial charge in [0.05, 0.1) is 19.8 Å². The smallest absolute Gasteiger partial charge is 0.173 e. The molecule has 12 heavy (non-hydrogen) atoms. The second kappa shape index (κ2) is 9.07. The molecule has 0 fully saturated rings. The fraction of sp³-hybridized carbons (Fsp3) is 0.857. The zero-order valence-corrected chi connectivity index (χ0v) is 8.49. The van der Waals surface area contributed by atoms with Crippen LogP contribution in [0.25, 0.3) is 0 Å². The molecule has 0 spiro atoms. The highest BCUT2D eigenvalue weighted by Crippen LogP contribution is 1.86. The molecule has 4 nitrogen and oxygen atoms in total. The number of hydrogen-bond acceptors (Lipinski definition) is 4. The maximum absolute atomic E-state index is 10.4. The van der Waals surface area contributed by atoms with Crippen LogP contribution in [0.1, 0.15) is 0 Å². The first-order valence-electron chi connectivity index (χ1n) is 3.85. The van der Waals surface area contributed by atoms with E-state index in [4.69, 9.17) is 9.47 Å². The summed E-state index contributed by atoms with van der Waals surface area (Å²) in [6.07, 6.45) is 0. The molecule has 0 radical (unpaired) electrons. The van der Waals surface area contributed by atoms with Crippen LogP contribution in [-0.4, -0.2) is 45.5 Å². The van der Waals surface area contributed by atoms with Crippen molar-refractivity contribution in [2.45, 2.75) is 0 Å². The predicted molar refractivity (Wildman–Crippen MR) is 50.3 cm³/mol. The topological polar surface area (TPSA) is 47.6 Å². The Hall–Kier alpha value is -0.0200. The Bertz CT molecular complexity index is 121. The van der Waals surface area contributed by atoms with E-state index >= 15 is 0 Å². The molecule has 72 valence electrons. The first-order chi connectivity index (χ1) is 5.77. The standard InChI is InChI=1S/C7H16NO3P/c1-8-2-3-10-4-5-11-6-7(9)12/h8H,2-6,12H2,1H3. The minimum Gasteiger partial charge on any atom is -0.378 e. The molecule has 0 heterocycles. The Morgan fingerprint density at radius 2 is 2.00 bits per heavy atom. The van der Waals surface area contributed by atoms with Gasteiger partial charge in [-0.15, -0.1) is 0 Å². The average molecular weight is 193 g/mol. The molecule has 0 saturated carbocycles. The van der Waals surface area contributed by atoms with E-state index in [1.54, 1.807) is 0 Å². The van der Waals surface area contributed by atoms with E-state index in [9.17, 15) is 4.79 Å². The number of ether oxygens (including phenoxy) is 2. The summed E-state index contributed by atoms with van der Waals surface area (Å²) in [6, 6.07) is 0. The summed E-state index contributed by atoms with van der Waals surface area (Å²) in [7, 11) is 3.93. The average Bonchev–Trinajstić information content (AvgIpc) is 2.02. The van der Waals surface area contributed by atoms with Crippen LogP contribution in [0.15, 0.2) is 0 Å². The van der Waals surface area contributed by atoms with Crippen molar-refractivity contribution < 1.29 is 14.3 Å². The molecule has 1 N–H and O–H groups in total. The highest BCUT2D eigenvalue weighted by Gasteiger charge is 1.92. The molecule has 0 rings (SSSR count). The highest BCUT2D eigenvalue weighted by atomic mass is 31.0. The number of carbonyl (C=O) groups is 1. The van der Waals surface area contributed by atoms with Gasteiger partial charge in [-0.2, -0.15) is 0 Å². The zero-order chi connectivity index (χ0) is 9.23. The Kier molecular flexibility index (Phi) is 9.06. The van der Waals surface area contributed by atoms with Crippen molar-refractivity contribution in [2.24, 2.45) is 0 Å². The Balaban J connectivity index is 2.86. The van der Waals surface area contributed by atoms with Crippen molar-refractivity contribution in [3.63, 3.8) is 0 Å². The maximum Gasteiger partial charge on any atom is 0.173 e. The maximum atomic E-state index is 10.4. The number of rotatable bonds is 8. The monoisotopic (exact) mass is 193 g/mol. The van der Waals surface area contributed by atoms with Gasteiger partial charge < -0.3 is 14.8 Å². The predicted octanol–water partition coefficient (Wildman–Crippen LogP) is -0.359. The van der Waals surface area contributed by atoms with Gasteiger partial charge in [-0.25, -0.2) is 0 Å². The van der Waals surface area contributed by atoms with E-state index in [1.165, 1.54) is 0 Å². The lowest BCUT2D eigenvalue weighted by atomic mass is 10.7. The zero-order valence-electron chi connectivity index (χ0n) is 7.34. The molecule has 0 aliphatic heterocycles. The minimum atomic E-state index is -0.0368.